The minimum absolute atomic E-state index is 0.156. The number of nitrogens with one attached hydrogen (secondary N) is 1. The number of halogens is 3. The molecule has 0 unspecified atom stereocenters. The Hall–Kier alpha value is -3.27. The largest absolute Gasteiger partial charge is 0.351 e. The second-order valence-corrected chi connectivity index (χ2v) is 6.09. The van der Waals surface area contributed by atoms with Gasteiger partial charge in [-0.25, -0.2) is 13.2 Å². The summed E-state index contributed by atoms with van der Waals surface area (Å²) in [6.07, 6.45) is 0.669. The molecule has 0 bridgehead atoms. The Kier molecular flexibility index (Phi) is 3.69. The van der Waals surface area contributed by atoms with Crippen LogP contribution in [0.15, 0.2) is 30.3 Å². The number of fused-ring (bicyclic) bond motifs is 3. The molecule has 2 aromatic carbocycles. The van der Waals surface area contributed by atoms with Crippen molar-refractivity contribution in [2.45, 2.75) is 13.0 Å². The quantitative estimate of drug-likeness (QED) is 0.676. The molecule has 1 N–H and O–H groups in total. The normalized spacial score (nSPS) is 13.8. The zero-order valence-corrected chi connectivity index (χ0v) is 13.4. The Morgan fingerprint density at radius 1 is 1.08 bits per heavy atom. The fourth-order valence-electron chi connectivity index (χ4n) is 3.37. The molecule has 0 radical (unpaired) electrons. The Labute approximate surface area is 146 Å². The molecule has 1 amide bonds. The van der Waals surface area contributed by atoms with Crippen LogP contribution in [0.1, 0.15) is 22.5 Å². The van der Waals surface area contributed by atoms with Gasteiger partial charge in [-0.2, -0.15) is 5.26 Å². The summed E-state index contributed by atoms with van der Waals surface area (Å²) in [5, 5.41) is 12.6. The highest BCUT2D eigenvalue weighted by Gasteiger charge is 2.23. The number of carbonyl (C=O) groups is 1. The van der Waals surface area contributed by atoms with E-state index in [1.807, 2.05) is 6.07 Å². The lowest BCUT2D eigenvalue weighted by Gasteiger charge is -2.12. The van der Waals surface area contributed by atoms with E-state index in [-0.39, 0.29) is 22.6 Å². The van der Waals surface area contributed by atoms with Crippen LogP contribution in [0, 0.1) is 28.8 Å². The van der Waals surface area contributed by atoms with Gasteiger partial charge < -0.3 is 9.88 Å². The summed E-state index contributed by atoms with van der Waals surface area (Å²) in [5.74, 6) is -4.45. The van der Waals surface area contributed by atoms with Gasteiger partial charge >= 0.3 is 0 Å². The SMILES string of the molecule is N#Cc1cc(-c2ccc(F)c(F)c2F)c2c(c1)cc1n2CCCNC1=O. The first-order valence-corrected chi connectivity index (χ1v) is 8.00. The molecule has 0 spiro atoms. The number of nitrogens with zero attached hydrogens (tertiary/aromatic N) is 2. The van der Waals surface area contributed by atoms with Gasteiger partial charge in [0.25, 0.3) is 5.91 Å². The van der Waals surface area contributed by atoms with E-state index in [4.69, 9.17) is 0 Å². The van der Waals surface area contributed by atoms with Crippen LogP contribution in [-0.2, 0) is 6.54 Å². The third-order valence-electron chi connectivity index (χ3n) is 4.52. The van der Waals surface area contributed by atoms with Crippen LogP contribution in [-0.4, -0.2) is 17.0 Å². The number of rotatable bonds is 1. The average Bonchev–Trinajstić information content (AvgIpc) is 2.91. The molecule has 4 nitrogen and oxygen atoms in total. The Bertz CT molecular complexity index is 1110. The van der Waals surface area contributed by atoms with Crippen LogP contribution in [0.2, 0.25) is 0 Å². The second-order valence-electron chi connectivity index (χ2n) is 6.09. The van der Waals surface area contributed by atoms with E-state index < -0.39 is 17.5 Å². The molecule has 0 saturated heterocycles. The maximum atomic E-state index is 14.4. The molecule has 2 heterocycles. The maximum Gasteiger partial charge on any atom is 0.267 e. The van der Waals surface area contributed by atoms with Gasteiger partial charge in [-0.3, -0.25) is 4.79 Å². The summed E-state index contributed by atoms with van der Waals surface area (Å²) in [4.78, 5) is 12.3. The van der Waals surface area contributed by atoms with Crippen molar-refractivity contribution in [2.75, 3.05) is 6.54 Å². The number of aromatic nitrogens is 1. The molecule has 1 aromatic heterocycles. The number of benzene rings is 2. The van der Waals surface area contributed by atoms with E-state index in [2.05, 4.69) is 5.32 Å². The highest BCUT2D eigenvalue weighted by atomic mass is 19.2. The molecular weight excluding hydrogens is 343 g/mol. The topological polar surface area (TPSA) is 57.8 Å². The molecular formula is C19H12F3N3O. The molecule has 0 aliphatic carbocycles. The minimum Gasteiger partial charge on any atom is -0.351 e. The van der Waals surface area contributed by atoms with E-state index in [1.54, 1.807) is 16.7 Å². The van der Waals surface area contributed by atoms with Crippen molar-refractivity contribution < 1.29 is 18.0 Å². The van der Waals surface area contributed by atoms with Gasteiger partial charge in [-0.05, 0) is 36.8 Å². The first-order valence-electron chi connectivity index (χ1n) is 8.00. The summed E-state index contributed by atoms with van der Waals surface area (Å²) in [6, 6.07) is 8.60. The number of aryl methyl sites for hydroxylation is 1. The molecule has 1 aliphatic rings. The average molecular weight is 355 g/mol. The number of amides is 1. The zero-order valence-electron chi connectivity index (χ0n) is 13.4. The Morgan fingerprint density at radius 2 is 1.88 bits per heavy atom. The molecule has 0 saturated carbocycles. The Morgan fingerprint density at radius 3 is 2.65 bits per heavy atom. The summed E-state index contributed by atoms with van der Waals surface area (Å²) in [5.41, 5.74) is 1.23. The molecule has 130 valence electrons. The summed E-state index contributed by atoms with van der Waals surface area (Å²) >= 11 is 0. The van der Waals surface area contributed by atoms with E-state index in [9.17, 15) is 23.2 Å². The van der Waals surface area contributed by atoms with E-state index in [0.29, 0.717) is 36.1 Å². The number of hydrogen-bond acceptors (Lipinski definition) is 2. The third-order valence-corrected chi connectivity index (χ3v) is 4.52. The van der Waals surface area contributed by atoms with Gasteiger partial charge in [-0.1, -0.05) is 0 Å². The number of carbonyl (C=O) groups excluding carboxylic acids is 1. The van der Waals surface area contributed by atoms with Crippen LogP contribution in [0.5, 0.6) is 0 Å². The first kappa shape index (κ1) is 16.2. The van der Waals surface area contributed by atoms with Crippen LogP contribution in [0.25, 0.3) is 22.0 Å². The van der Waals surface area contributed by atoms with Crippen molar-refractivity contribution in [3.63, 3.8) is 0 Å². The summed E-state index contributed by atoms with van der Waals surface area (Å²) in [7, 11) is 0. The zero-order chi connectivity index (χ0) is 18.4. The smallest absolute Gasteiger partial charge is 0.267 e. The number of nitriles is 1. The molecule has 4 rings (SSSR count). The predicted molar refractivity (Wildman–Crippen MR) is 88.9 cm³/mol. The van der Waals surface area contributed by atoms with Crippen molar-refractivity contribution in [1.29, 1.82) is 5.26 Å². The van der Waals surface area contributed by atoms with Gasteiger partial charge in [0, 0.05) is 29.6 Å². The molecule has 0 fully saturated rings. The monoisotopic (exact) mass is 355 g/mol. The van der Waals surface area contributed by atoms with Crippen LogP contribution in [0.3, 0.4) is 0 Å². The third kappa shape index (κ3) is 2.34. The van der Waals surface area contributed by atoms with E-state index >= 15 is 0 Å². The summed E-state index contributed by atoms with van der Waals surface area (Å²) in [6.45, 7) is 1.01. The molecule has 1 aliphatic heterocycles. The minimum atomic E-state index is -1.57. The van der Waals surface area contributed by atoms with Crippen molar-refractivity contribution in [3.05, 3.63) is 59.0 Å². The lowest BCUT2D eigenvalue weighted by Crippen LogP contribution is -2.22. The maximum absolute atomic E-state index is 14.4. The van der Waals surface area contributed by atoms with Crippen LogP contribution >= 0.6 is 0 Å². The van der Waals surface area contributed by atoms with Gasteiger partial charge in [0.05, 0.1) is 17.1 Å². The van der Waals surface area contributed by atoms with Gasteiger partial charge in [0.15, 0.2) is 17.5 Å². The standard InChI is InChI=1S/C19H12F3N3O/c20-14-3-2-12(16(21)17(14)22)13-7-10(9-23)6-11-8-15-19(26)24-4-1-5-25(15)18(11)13/h2-3,6-8H,1,4-5H2,(H,24,26). The van der Waals surface area contributed by atoms with Crippen molar-refractivity contribution in [1.82, 2.24) is 9.88 Å². The Balaban J connectivity index is 2.10. The molecule has 3 aromatic rings. The van der Waals surface area contributed by atoms with Crippen LogP contribution < -0.4 is 5.32 Å². The molecule has 7 heteroatoms. The van der Waals surface area contributed by atoms with E-state index in [1.165, 1.54) is 6.07 Å². The van der Waals surface area contributed by atoms with Gasteiger partial charge in [0.1, 0.15) is 5.69 Å². The van der Waals surface area contributed by atoms with Gasteiger partial charge in [-0.15, -0.1) is 0 Å². The molecule has 26 heavy (non-hydrogen) atoms. The second kappa shape index (κ2) is 5.92. The highest BCUT2D eigenvalue weighted by Crippen LogP contribution is 2.35. The van der Waals surface area contributed by atoms with E-state index in [0.717, 1.165) is 12.1 Å². The lowest BCUT2D eigenvalue weighted by molar-refractivity contribution is 0.0951. The van der Waals surface area contributed by atoms with Crippen molar-refractivity contribution >= 4 is 16.8 Å². The van der Waals surface area contributed by atoms with Gasteiger partial charge in [0.2, 0.25) is 0 Å². The lowest BCUT2D eigenvalue weighted by atomic mass is 9.99. The molecule has 0 atom stereocenters. The predicted octanol–water partition coefficient (Wildman–Crippen LogP) is 3.73. The van der Waals surface area contributed by atoms with Crippen molar-refractivity contribution in [3.8, 4) is 17.2 Å². The fraction of sp³-hybridized carbons (Fsp3) is 0.158. The van der Waals surface area contributed by atoms with Crippen LogP contribution in [0.4, 0.5) is 13.2 Å². The summed E-state index contributed by atoms with van der Waals surface area (Å²) < 4.78 is 43.2. The van der Waals surface area contributed by atoms with Crippen molar-refractivity contribution in [2.24, 2.45) is 0 Å². The number of hydrogen-bond donors (Lipinski definition) is 1. The highest BCUT2D eigenvalue weighted by molar-refractivity contribution is 6.04. The first-order chi connectivity index (χ1) is 12.5. The fourth-order valence-corrected chi connectivity index (χ4v) is 3.37.